The van der Waals surface area contributed by atoms with Crippen LogP contribution in [0.4, 0.5) is 0 Å². The van der Waals surface area contributed by atoms with Gasteiger partial charge in [0.15, 0.2) is 0 Å². The monoisotopic (exact) mass is 187 g/mol. The molecule has 0 aliphatic carbocycles. The number of nitrogens with one attached hydrogen (secondary N) is 1. The van der Waals surface area contributed by atoms with Gasteiger partial charge in [-0.15, -0.1) is 0 Å². The van der Waals surface area contributed by atoms with E-state index in [1.165, 1.54) is 0 Å². The minimum Gasteiger partial charge on any atom is -0.364 e. The average molecular weight is 187 g/mol. The lowest BCUT2D eigenvalue weighted by atomic mass is 10.5. The number of hydrogen-bond acceptors (Lipinski definition) is 5. The van der Waals surface area contributed by atoms with Crippen LogP contribution >= 0.6 is 0 Å². The molecule has 0 saturated carbocycles. The minimum absolute atomic E-state index is 0.548. The standard InChI is InChI=1S/C8H17N3O2/c1-8-10(6-12-2)4-9-5-11(8)7-13-3/h9H,1,4-7H2,2-3H3. The molecule has 76 valence electrons. The first-order chi connectivity index (χ1) is 6.29. The Balaban J connectivity index is 2.45. The van der Waals surface area contributed by atoms with E-state index in [1.54, 1.807) is 14.2 Å². The normalized spacial score (nSPS) is 18.2. The Hall–Kier alpha value is -0.780. The molecule has 0 unspecified atom stereocenters. The summed E-state index contributed by atoms with van der Waals surface area (Å²) in [5.41, 5.74) is 0. The summed E-state index contributed by atoms with van der Waals surface area (Å²) in [7, 11) is 3.34. The Morgan fingerprint density at radius 3 is 2.08 bits per heavy atom. The minimum atomic E-state index is 0.548. The van der Waals surface area contributed by atoms with Crippen LogP contribution in [-0.2, 0) is 9.47 Å². The van der Waals surface area contributed by atoms with Crippen molar-refractivity contribution in [3.05, 3.63) is 12.4 Å². The van der Waals surface area contributed by atoms with E-state index < -0.39 is 0 Å². The molecule has 1 fully saturated rings. The molecule has 0 atom stereocenters. The van der Waals surface area contributed by atoms with Crippen molar-refractivity contribution in [1.29, 1.82) is 0 Å². The SMILES string of the molecule is C=C1N(COC)CNCN1COC. The summed E-state index contributed by atoms with van der Waals surface area (Å²) in [6.45, 7) is 6.60. The molecule has 1 N–H and O–H groups in total. The largest absolute Gasteiger partial charge is 0.364 e. The van der Waals surface area contributed by atoms with E-state index in [0.29, 0.717) is 13.5 Å². The van der Waals surface area contributed by atoms with Gasteiger partial charge < -0.3 is 19.3 Å². The van der Waals surface area contributed by atoms with Gasteiger partial charge in [0.2, 0.25) is 0 Å². The van der Waals surface area contributed by atoms with Crippen molar-refractivity contribution in [1.82, 2.24) is 15.1 Å². The number of rotatable bonds is 4. The summed E-state index contributed by atoms with van der Waals surface area (Å²) in [5.74, 6) is 0.933. The van der Waals surface area contributed by atoms with Crippen LogP contribution in [0.2, 0.25) is 0 Å². The fourth-order valence-corrected chi connectivity index (χ4v) is 1.25. The van der Waals surface area contributed by atoms with Gasteiger partial charge in [0.25, 0.3) is 0 Å². The summed E-state index contributed by atoms with van der Waals surface area (Å²) in [5, 5.41) is 3.22. The van der Waals surface area contributed by atoms with Crippen molar-refractivity contribution < 1.29 is 9.47 Å². The van der Waals surface area contributed by atoms with E-state index in [-0.39, 0.29) is 0 Å². The molecular weight excluding hydrogens is 170 g/mol. The van der Waals surface area contributed by atoms with Gasteiger partial charge in [0.05, 0.1) is 13.3 Å². The molecule has 0 aromatic rings. The first-order valence-electron chi connectivity index (χ1n) is 4.17. The Labute approximate surface area is 78.9 Å². The number of nitrogens with zero attached hydrogens (tertiary/aromatic N) is 2. The van der Waals surface area contributed by atoms with Crippen LogP contribution in [0.5, 0.6) is 0 Å². The van der Waals surface area contributed by atoms with Crippen LogP contribution in [0.25, 0.3) is 0 Å². The van der Waals surface area contributed by atoms with Gasteiger partial charge in [0.1, 0.15) is 19.3 Å². The first-order valence-corrected chi connectivity index (χ1v) is 4.17. The van der Waals surface area contributed by atoms with Crippen LogP contribution in [0.3, 0.4) is 0 Å². The zero-order chi connectivity index (χ0) is 9.68. The molecule has 1 rings (SSSR count). The molecular formula is C8H17N3O2. The molecule has 13 heavy (non-hydrogen) atoms. The molecule has 5 heteroatoms. The zero-order valence-electron chi connectivity index (χ0n) is 8.25. The Morgan fingerprint density at radius 2 is 1.69 bits per heavy atom. The molecule has 0 amide bonds. The molecule has 5 nitrogen and oxygen atoms in total. The molecule has 0 radical (unpaired) electrons. The summed E-state index contributed by atoms with van der Waals surface area (Å²) >= 11 is 0. The van der Waals surface area contributed by atoms with Gasteiger partial charge in [-0.2, -0.15) is 0 Å². The highest BCUT2D eigenvalue weighted by molar-refractivity contribution is 4.94. The molecule has 0 aromatic carbocycles. The number of methoxy groups -OCH3 is 2. The van der Waals surface area contributed by atoms with Crippen molar-refractivity contribution in [2.75, 3.05) is 41.0 Å². The van der Waals surface area contributed by atoms with E-state index in [4.69, 9.17) is 9.47 Å². The van der Waals surface area contributed by atoms with Gasteiger partial charge in [-0.25, -0.2) is 0 Å². The lowest BCUT2D eigenvalue weighted by Crippen LogP contribution is -2.51. The number of hydrogen-bond donors (Lipinski definition) is 1. The third-order valence-corrected chi connectivity index (χ3v) is 1.91. The summed E-state index contributed by atoms with van der Waals surface area (Å²) in [6.07, 6.45) is 0. The molecule has 1 heterocycles. The molecule has 0 aromatic heterocycles. The first kappa shape index (κ1) is 10.3. The van der Waals surface area contributed by atoms with Gasteiger partial charge in [-0.05, 0) is 0 Å². The molecule has 0 bridgehead atoms. The second kappa shape index (κ2) is 5.06. The second-order valence-corrected chi connectivity index (χ2v) is 2.90. The highest BCUT2D eigenvalue weighted by Gasteiger charge is 2.18. The van der Waals surface area contributed by atoms with E-state index in [0.717, 1.165) is 19.2 Å². The maximum absolute atomic E-state index is 5.04. The second-order valence-electron chi connectivity index (χ2n) is 2.90. The number of ether oxygens (including phenoxy) is 2. The topological polar surface area (TPSA) is 37.0 Å². The molecule has 0 spiro atoms. The van der Waals surface area contributed by atoms with E-state index >= 15 is 0 Å². The Bertz CT molecular complexity index is 155. The smallest absolute Gasteiger partial charge is 0.120 e. The van der Waals surface area contributed by atoms with Crippen LogP contribution in [0.15, 0.2) is 12.4 Å². The van der Waals surface area contributed by atoms with Crippen LogP contribution in [0.1, 0.15) is 0 Å². The van der Waals surface area contributed by atoms with Crippen LogP contribution < -0.4 is 5.32 Å². The third kappa shape index (κ3) is 2.58. The van der Waals surface area contributed by atoms with Crippen LogP contribution in [0, 0.1) is 0 Å². The van der Waals surface area contributed by atoms with E-state index in [2.05, 4.69) is 11.9 Å². The summed E-state index contributed by atoms with van der Waals surface area (Å²) in [4.78, 5) is 4.00. The lowest BCUT2D eigenvalue weighted by molar-refractivity contribution is -0.00855. The average Bonchev–Trinajstić information content (AvgIpc) is 2.13. The molecule has 1 aliphatic heterocycles. The summed E-state index contributed by atoms with van der Waals surface area (Å²) < 4.78 is 10.1. The maximum atomic E-state index is 5.04. The third-order valence-electron chi connectivity index (χ3n) is 1.91. The van der Waals surface area contributed by atoms with Crippen molar-refractivity contribution in [2.24, 2.45) is 0 Å². The van der Waals surface area contributed by atoms with Gasteiger partial charge in [-0.1, -0.05) is 6.58 Å². The lowest BCUT2D eigenvalue weighted by Gasteiger charge is -2.39. The Morgan fingerprint density at radius 1 is 1.23 bits per heavy atom. The Kier molecular flexibility index (Phi) is 4.01. The maximum Gasteiger partial charge on any atom is 0.120 e. The molecule has 1 aliphatic rings. The fourth-order valence-electron chi connectivity index (χ4n) is 1.25. The van der Waals surface area contributed by atoms with Gasteiger partial charge >= 0.3 is 0 Å². The van der Waals surface area contributed by atoms with Crippen molar-refractivity contribution in [3.8, 4) is 0 Å². The highest BCUT2D eigenvalue weighted by atomic mass is 16.5. The van der Waals surface area contributed by atoms with E-state index in [9.17, 15) is 0 Å². The zero-order valence-corrected chi connectivity index (χ0v) is 8.25. The van der Waals surface area contributed by atoms with Gasteiger partial charge in [-0.3, -0.25) is 5.32 Å². The van der Waals surface area contributed by atoms with Crippen molar-refractivity contribution >= 4 is 0 Å². The molecule has 1 saturated heterocycles. The predicted molar refractivity (Wildman–Crippen MR) is 49.4 cm³/mol. The fraction of sp³-hybridized carbons (Fsp3) is 0.750. The highest BCUT2D eigenvalue weighted by Crippen LogP contribution is 2.10. The van der Waals surface area contributed by atoms with Crippen molar-refractivity contribution in [2.45, 2.75) is 0 Å². The van der Waals surface area contributed by atoms with Crippen molar-refractivity contribution in [3.63, 3.8) is 0 Å². The quantitative estimate of drug-likeness (QED) is 0.659. The summed E-state index contributed by atoms with van der Waals surface area (Å²) in [6, 6.07) is 0. The van der Waals surface area contributed by atoms with E-state index in [1.807, 2.05) is 9.80 Å². The predicted octanol–water partition coefficient (Wildman–Crippen LogP) is -0.212. The van der Waals surface area contributed by atoms with Crippen LogP contribution in [-0.4, -0.2) is 50.8 Å². The van der Waals surface area contributed by atoms with Gasteiger partial charge in [0, 0.05) is 14.2 Å².